The van der Waals surface area contributed by atoms with Gasteiger partial charge in [-0.05, 0) is 64.5 Å². The number of rotatable bonds is 9. The summed E-state index contributed by atoms with van der Waals surface area (Å²) in [6.45, 7) is 6.49. The Balaban J connectivity index is 0.00000420. The summed E-state index contributed by atoms with van der Waals surface area (Å²) < 4.78 is 5.38. The van der Waals surface area contributed by atoms with E-state index in [0.29, 0.717) is 0 Å². The monoisotopic (exact) mass is 517 g/mol. The van der Waals surface area contributed by atoms with Crippen LogP contribution in [-0.4, -0.2) is 76.2 Å². The van der Waals surface area contributed by atoms with Crippen molar-refractivity contribution in [1.29, 1.82) is 0 Å². The minimum Gasteiger partial charge on any atom is -0.497 e. The zero-order valence-electron chi connectivity index (χ0n) is 18.8. The van der Waals surface area contributed by atoms with Gasteiger partial charge in [0, 0.05) is 32.7 Å². The van der Waals surface area contributed by atoms with Gasteiger partial charge >= 0.3 is 0 Å². The molecule has 2 rings (SSSR count). The summed E-state index contributed by atoms with van der Waals surface area (Å²) in [6.07, 6.45) is 5.20. The Hall–Kier alpha value is -1.06. The van der Waals surface area contributed by atoms with Gasteiger partial charge in [0.25, 0.3) is 0 Å². The number of aliphatic imine (C=N–C) groups is 1. The molecule has 166 valence electrons. The molecule has 0 spiro atoms. The molecule has 1 aromatic rings. The summed E-state index contributed by atoms with van der Waals surface area (Å²) in [5.41, 5.74) is 1.23. The van der Waals surface area contributed by atoms with Crippen molar-refractivity contribution in [1.82, 2.24) is 20.4 Å². The van der Waals surface area contributed by atoms with Gasteiger partial charge in [-0.25, -0.2) is 0 Å². The van der Waals surface area contributed by atoms with Crippen LogP contribution in [0.2, 0.25) is 0 Å². The number of guanidine groups is 1. The van der Waals surface area contributed by atoms with Gasteiger partial charge in [-0.2, -0.15) is 0 Å². The molecule has 6 nitrogen and oxygen atoms in total. The lowest BCUT2D eigenvalue weighted by Crippen LogP contribution is -2.43. The zero-order valence-corrected chi connectivity index (χ0v) is 21.1. The third-order valence-corrected chi connectivity index (χ3v) is 5.64. The molecular weight excluding hydrogens is 477 g/mol. The Labute approximate surface area is 194 Å². The van der Waals surface area contributed by atoms with E-state index in [2.05, 4.69) is 58.6 Å². The summed E-state index contributed by atoms with van der Waals surface area (Å²) in [7, 11) is 7.74. The molecule has 7 heteroatoms. The van der Waals surface area contributed by atoms with E-state index in [4.69, 9.17) is 4.74 Å². The lowest BCUT2D eigenvalue weighted by Gasteiger charge is -2.33. The number of hydrogen-bond acceptors (Lipinski definition) is 4. The normalized spacial score (nSPS) is 18.8. The average Bonchev–Trinajstić information content (AvgIpc) is 2.70. The molecule has 1 heterocycles. The lowest BCUT2D eigenvalue weighted by atomic mass is 10.0. The van der Waals surface area contributed by atoms with Crippen molar-refractivity contribution < 1.29 is 4.74 Å². The number of benzene rings is 1. The first-order valence-electron chi connectivity index (χ1n) is 10.5. The molecule has 1 aliphatic heterocycles. The standard InChI is InChI=1S/C22H39N5O.HI/c1-18-10-6-7-14-27(18)15-9-13-24-22(23-2)25-17-21(26(3)4)19-11-8-12-20(16-19)28-5;/h8,11-12,16,18,21H,6-7,9-10,13-15,17H2,1-5H3,(H2,23,24,25);1H. The number of ether oxygens (including phenoxy) is 1. The molecule has 0 radical (unpaired) electrons. The van der Waals surface area contributed by atoms with Crippen molar-refractivity contribution in [3.05, 3.63) is 29.8 Å². The van der Waals surface area contributed by atoms with Crippen molar-refractivity contribution in [3.63, 3.8) is 0 Å². The van der Waals surface area contributed by atoms with Gasteiger partial charge in [0.1, 0.15) is 5.75 Å². The minimum atomic E-state index is 0. The quantitative estimate of drug-likeness (QED) is 0.228. The maximum absolute atomic E-state index is 5.38. The van der Waals surface area contributed by atoms with E-state index in [1.807, 2.05) is 19.2 Å². The maximum atomic E-state index is 5.38. The van der Waals surface area contributed by atoms with Gasteiger partial charge in [0.2, 0.25) is 0 Å². The van der Waals surface area contributed by atoms with Crippen LogP contribution in [0.3, 0.4) is 0 Å². The SMILES string of the molecule is CN=C(NCCCN1CCCCC1C)NCC(c1cccc(OC)c1)N(C)C.I. The van der Waals surface area contributed by atoms with Gasteiger partial charge in [-0.3, -0.25) is 4.99 Å². The van der Waals surface area contributed by atoms with Crippen LogP contribution in [0.15, 0.2) is 29.3 Å². The van der Waals surface area contributed by atoms with Gasteiger partial charge in [-0.15, -0.1) is 24.0 Å². The number of methoxy groups -OCH3 is 1. The Bertz CT molecular complexity index is 611. The Morgan fingerprint density at radius 2 is 2.10 bits per heavy atom. The highest BCUT2D eigenvalue weighted by Crippen LogP contribution is 2.22. The van der Waals surface area contributed by atoms with E-state index in [1.165, 1.54) is 31.4 Å². The fraction of sp³-hybridized carbons (Fsp3) is 0.682. The van der Waals surface area contributed by atoms with Crippen LogP contribution in [-0.2, 0) is 0 Å². The number of nitrogens with one attached hydrogen (secondary N) is 2. The first-order valence-corrected chi connectivity index (χ1v) is 10.5. The van der Waals surface area contributed by atoms with Crippen molar-refractivity contribution in [2.24, 2.45) is 4.99 Å². The minimum absolute atomic E-state index is 0. The van der Waals surface area contributed by atoms with Gasteiger partial charge in [0.05, 0.1) is 13.2 Å². The molecule has 0 aliphatic carbocycles. The average molecular weight is 518 g/mol. The molecule has 1 aromatic carbocycles. The van der Waals surface area contributed by atoms with E-state index >= 15 is 0 Å². The molecule has 2 unspecified atom stereocenters. The third kappa shape index (κ3) is 8.68. The van der Waals surface area contributed by atoms with Crippen molar-refractivity contribution in [3.8, 4) is 5.75 Å². The predicted octanol–water partition coefficient (Wildman–Crippen LogP) is 3.35. The second kappa shape index (κ2) is 14.0. The van der Waals surface area contributed by atoms with Crippen molar-refractivity contribution in [2.45, 2.75) is 44.7 Å². The highest BCUT2D eigenvalue weighted by Gasteiger charge is 2.18. The fourth-order valence-corrected chi connectivity index (χ4v) is 3.84. The number of likely N-dealkylation sites (N-methyl/N-ethyl adjacent to an activating group) is 1. The van der Waals surface area contributed by atoms with Crippen LogP contribution in [0.1, 0.15) is 44.2 Å². The first kappa shape index (κ1) is 26.0. The number of hydrogen-bond donors (Lipinski definition) is 2. The molecule has 0 bridgehead atoms. The number of nitrogens with zero attached hydrogens (tertiary/aromatic N) is 3. The molecule has 2 N–H and O–H groups in total. The number of halogens is 1. The second-order valence-corrected chi connectivity index (χ2v) is 7.87. The molecule has 0 amide bonds. The van der Waals surface area contributed by atoms with Gasteiger partial charge in [0.15, 0.2) is 5.96 Å². The predicted molar refractivity (Wildman–Crippen MR) is 134 cm³/mol. The smallest absolute Gasteiger partial charge is 0.191 e. The Morgan fingerprint density at radius 1 is 1.31 bits per heavy atom. The molecule has 0 aromatic heterocycles. The molecule has 1 fully saturated rings. The van der Waals surface area contributed by atoms with E-state index in [9.17, 15) is 0 Å². The molecular formula is C22H40IN5O. The fourth-order valence-electron chi connectivity index (χ4n) is 3.84. The zero-order chi connectivity index (χ0) is 20.4. The van der Waals surface area contributed by atoms with Crippen LogP contribution in [0, 0.1) is 0 Å². The molecule has 29 heavy (non-hydrogen) atoms. The van der Waals surface area contributed by atoms with E-state index in [1.54, 1.807) is 7.11 Å². The third-order valence-electron chi connectivity index (χ3n) is 5.64. The molecule has 1 saturated heterocycles. The van der Waals surface area contributed by atoms with Crippen LogP contribution < -0.4 is 15.4 Å². The largest absolute Gasteiger partial charge is 0.497 e. The van der Waals surface area contributed by atoms with Crippen LogP contribution in [0.25, 0.3) is 0 Å². The van der Waals surface area contributed by atoms with E-state index in [0.717, 1.165) is 43.8 Å². The van der Waals surface area contributed by atoms with Gasteiger partial charge in [-0.1, -0.05) is 18.6 Å². The summed E-state index contributed by atoms with van der Waals surface area (Å²) in [5, 5.41) is 6.94. The Kier molecular flexibility index (Phi) is 12.6. The maximum Gasteiger partial charge on any atom is 0.191 e. The van der Waals surface area contributed by atoms with Crippen LogP contribution in [0.5, 0.6) is 5.75 Å². The number of piperidine rings is 1. The van der Waals surface area contributed by atoms with Crippen LogP contribution in [0.4, 0.5) is 0 Å². The van der Waals surface area contributed by atoms with E-state index in [-0.39, 0.29) is 30.0 Å². The summed E-state index contributed by atoms with van der Waals surface area (Å²) >= 11 is 0. The summed E-state index contributed by atoms with van der Waals surface area (Å²) in [5.74, 6) is 1.75. The Morgan fingerprint density at radius 3 is 2.76 bits per heavy atom. The highest BCUT2D eigenvalue weighted by atomic mass is 127. The van der Waals surface area contributed by atoms with E-state index < -0.39 is 0 Å². The second-order valence-electron chi connectivity index (χ2n) is 7.87. The van der Waals surface area contributed by atoms with Crippen LogP contribution >= 0.6 is 24.0 Å². The van der Waals surface area contributed by atoms with Gasteiger partial charge < -0.3 is 25.2 Å². The lowest BCUT2D eigenvalue weighted by molar-refractivity contribution is 0.159. The molecule has 1 aliphatic rings. The molecule has 0 saturated carbocycles. The first-order chi connectivity index (χ1) is 13.5. The summed E-state index contributed by atoms with van der Waals surface area (Å²) in [6, 6.07) is 9.23. The van der Waals surface area contributed by atoms with Crippen molar-refractivity contribution in [2.75, 3.05) is 54.4 Å². The summed E-state index contributed by atoms with van der Waals surface area (Å²) in [4.78, 5) is 9.22. The number of likely N-dealkylation sites (tertiary alicyclic amines) is 1. The topological polar surface area (TPSA) is 52.1 Å². The van der Waals surface area contributed by atoms with Crippen molar-refractivity contribution >= 4 is 29.9 Å². The molecule has 2 atom stereocenters. The highest BCUT2D eigenvalue weighted by molar-refractivity contribution is 14.0.